The summed E-state index contributed by atoms with van der Waals surface area (Å²) in [4.78, 5) is 13.5. The third-order valence-electron chi connectivity index (χ3n) is 4.21. The van der Waals surface area contributed by atoms with Crippen molar-refractivity contribution in [1.29, 1.82) is 0 Å². The van der Waals surface area contributed by atoms with Crippen molar-refractivity contribution < 1.29 is 4.79 Å². The van der Waals surface area contributed by atoms with Crippen molar-refractivity contribution in [3.8, 4) is 0 Å². The molecule has 6 heteroatoms. The number of amides is 1. The average molecular weight is 252 g/mol. The molecule has 1 N–H and O–H groups in total. The van der Waals surface area contributed by atoms with Gasteiger partial charge in [0.1, 0.15) is 7.85 Å². The highest BCUT2D eigenvalue weighted by Gasteiger charge is 2.35. The lowest BCUT2D eigenvalue weighted by Crippen LogP contribution is -2.40. The molecule has 2 aliphatic carbocycles. The fraction of sp³-hybridized carbons (Fsp3) is 0.909. The molecule has 0 aliphatic heterocycles. The molecule has 0 aromatic carbocycles. The molecule has 0 saturated heterocycles. The number of carbonyl (C=O) groups excluding carboxylic acids is 1. The van der Waals surface area contributed by atoms with Crippen LogP contribution in [0.3, 0.4) is 0 Å². The fourth-order valence-electron chi connectivity index (χ4n) is 2.77. The van der Waals surface area contributed by atoms with Crippen LogP contribution in [0.1, 0.15) is 32.1 Å². The van der Waals surface area contributed by atoms with Gasteiger partial charge in [-0.3, -0.25) is 4.79 Å². The van der Waals surface area contributed by atoms with Crippen molar-refractivity contribution in [3.63, 3.8) is 0 Å². The number of nitrogens with zero attached hydrogens (tertiary/aromatic N) is 1. The van der Waals surface area contributed by atoms with Gasteiger partial charge in [-0.25, -0.2) is 0 Å². The second-order valence-corrected chi connectivity index (χ2v) is 6.15. The summed E-state index contributed by atoms with van der Waals surface area (Å²) in [5.74, 6) is 1.73. The minimum Gasteiger partial charge on any atom is -0.352 e. The third kappa shape index (κ3) is 4.25. The van der Waals surface area contributed by atoms with Crippen LogP contribution in [0, 0.1) is 11.8 Å². The zero-order chi connectivity index (χ0) is 12.4. The van der Waals surface area contributed by atoms with E-state index in [0.29, 0.717) is 5.92 Å². The second kappa shape index (κ2) is 5.70. The molecule has 94 valence electrons. The van der Waals surface area contributed by atoms with Crippen LogP contribution in [0.15, 0.2) is 0 Å². The summed E-state index contributed by atoms with van der Waals surface area (Å²) in [6.45, 7) is 1.17. The Morgan fingerprint density at radius 3 is 2.53 bits per heavy atom. The molecular weight excluding hydrogens is 230 g/mol. The first kappa shape index (κ1) is 13.3. The molecule has 3 nitrogen and oxygen atoms in total. The van der Waals surface area contributed by atoms with Crippen LogP contribution in [-0.4, -0.2) is 44.4 Å². The van der Waals surface area contributed by atoms with Crippen molar-refractivity contribution in [1.82, 2.24) is 10.1 Å². The van der Waals surface area contributed by atoms with E-state index in [1.807, 2.05) is 0 Å². The lowest BCUT2D eigenvalue weighted by Gasteiger charge is -2.27. The quantitative estimate of drug-likeness (QED) is 0.494. The van der Waals surface area contributed by atoms with E-state index in [-0.39, 0.29) is 11.2 Å². The summed E-state index contributed by atoms with van der Waals surface area (Å²) >= 11 is 3.81. The molecule has 2 saturated carbocycles. The van der Waals surface area contributed by atoms with Gasteiger partial charge >= 0.3 is 0 Å². The van der Waals surface area contributed by atoms with Crippen molar-refractivity contribution in [2.24, 2.45) is 11.8 Å². The molecule has 0 bridgehead atoms. The van der Waals surface area contributed by atoms with Crippen LogP contribution >= 0.6 is 12.6 Å². The fourth-order valence-corrected chi connectivity index (χ4v) is 2.97. The summed E-state index contributed by atoms with van der Waals surface area (Å²) < 4.78 is 0. The van der Waals surface area contributed by atoms with Gasteiger partial charge in [-0.1, -0.05) is 12.6 Å². The molecule has 0 aromatic heterocycles. The van der Waals surface area contributed by atoms with Crippen LogP contribution in [0.2, 0.25) is 0 Å². The predicted molar refractivity (Wildman–Crippen MR) is 79.0 cm³/mol. The molecular formula is C11H22B2N2OS. The molecule has 1 amide bonds. The van der Waals surface area contributed by atoms with Gasteiger partial charge in [-0.2, -0.15) is 0 Å². The van der Waals surface area contributed by atoms with Crippen molar-refractivity contribution in [3.05, 3.63) is 0 Å². The van der Waals surface area contributed by atoms with Crippen LogP contribution in [0.4, 0.5) is 4.79 Å². The molecule has 2 aliphatic rings. The smallest absolute Gasteiger partial charge is 0.275 e. The Labute approximate surface area is 111 Å². The summed E-state index contributed by atoms with van der Waals surface area (Å²) in [5.41, 5.74) is 0. The molecule has 0 spiro atoms. The maximum Gasteiger partial charge on any atom is 0.275 e. The molecule has 0 heterocycles. The van der Waals surface area contributed by atoms with Gasteiger partial charge in [-0.05, 0) is 56.5 Å². The first-order valence-electron chi connectivity index (χ1n) is 6.77. The molecule has 2 atom stereocenters. The van der Waals surface area contributed by atoms with Gasteiger partial charge in [0.15, 0.2) is 7.98 Å². The lowest BCUT2D eigenvalue weighted by atomic mass is 9.78. The van der Waals surface area contributed by atoms with Gasteiger partial charge in [0, 0.05) is 5.94 Å². The Bertz CT molecular complexity index is 285. The summed E-state index contributed by atoms with van der Waals surface area (Å²) in [5, 5.41) is 2.74. The van der Waals surface area contributed by atoms with E-state index >= 15 is 0 Å². The lowest BCUT2D eigenvalue weighted by molar-refractivity contribution is 0.253. The average Bonchev–Trinajstić information content (AvgIpc) is 3.10. The second-order valence-electron chi connectivity index (χ2n) is 5.74. The monoisotopic (exact) mass is 252 g/mol. The number of nitrogens with one attached hydrogen (secondary N) is 1. The predicted octanol–water partition coefficient (Wildman–Crippen LogP) is 0.0138. The van der Waals surface area contributed by atoms with Gasteiger partial charge < -0.3 is 10.1 Å². The molecule has 2 rings (SSSR count). The van der Waals surface area contributed by atoms with E-state index in [2.05, 4.69) is 38.6 Å². The van der Waals surface area contributed by atoms with Crippen LogP contribution in [0.5, 0.6) is 0 Å². The highest BCUT2D eigenvalue weighted by atomic mass is 32.1. The van der Waals surface area contributed by atoms with E-state index in [1.54, 1.807) is 0 Å². The van der Waals surface area contributed by atoms with E-state index in [9.17, 15) is 4.79 Å². The van der Waals surface area contributed by atoms with Gasteiger partial charge in [-0.15, -0.1) is 0 Å². The largest absolute Gasteiger partial charge is 0.352 e. The van der Waals surface area contributed by atoms with Gasteiger partial charge in [0.05, 0.1) is 0 Å². The van der Waals surface area contributed by atoms with E-state index in [0.717, 1.165) is 12.0 Å². The Balaban J connectivity index is 1.77. The maximum atomic E-state index is 11.0. The van der Waals surface area contributed by atoms with E-state index in [1.165, 1.54) is 38.6 Å². The normalized spacial score (nSPS) is 23.4. The van der Waals surface area contributed by atoms with Crippen LogP contribution < -0.4 is 5.32 Å². The highest BCUT2D eigenvalue weighted by molar-refractivity contribution is 7.96. The molecule has 17 heavy (non-hydrogen) atoms. The number of rotatable bonds is 7. The maximum absolute atomic E-state index is 11.0. The van der Waals surface area contributed by atoms with Crippen LogP contribution in [0.25, 0.3) is 0 Å². The Hall–Kier alpha value is -0.0901. The molecule has 0 aromatic rings. The number of hydrogen-bond donors (Lipinski definition) is 2. The Morgan fingerprint density at radius 2 is 2.06 bits per heavy atom. The third-order valence-corrected chi connectivity index (χ3v) is 4.34. The first-order chi connectivity index (χ1) is 8.08. The minimum atomic E-state index is -0.196. The van der Waals surface area contributed by atoms with Gasteiger partial charge in [0.25, 0.3) is 5.24 Å². The minimum absolute atomic E-state index is 0.196. The first-order valence-corrected chi connectivity index (χ1v) is 7.22. The molecule has 2 fully saturated rings. The van der Waals surface area contributed by atoms with Crippen LogP contribution in [-0.2, 0) is 0 Å². The van der Waals surface area contributed by atoms with Crippen molar-refractivity contribution >= 4 is 33.7 Å². The summed E-state index contributed by atoms with van der Waals surface area (Å²) in [6.07, 6.45) is 6.61. The Morgan fingerprint density at radius 1 is 1.41 bits per heavy atom. The van der Waals surface area contributed by atoms with Crippen molar-refractivity contribution in [2.45, 2.75) is 44.1 Å². The van der Waals surface area contributed by atoms with E-state index < -0.39 is 0 Å². The van der Waals surface area contributed by atoms with Gasteiger partial charge in [0.2, 0.25) is 0 Å². The standard InChI is InChI=1S/C11H22B2N2OS/c12-10(14-11(16)17)9(7-1-2-7)5-6-15(13)8-3-4-8/h7-10H,1-6,12-13H2,(H2,14,16,17). The zero-order valence-electron chi connectivity index (χ0n) is 10.9. The zero-order valence-corrected chi connectivity index (χ0v) is 11.7. The van der Waals surface area contributed by atoms with E-state index in [4.69, 9.17) is 0 Å². The topological polar surface area (TPSA) is 32.3 Å². The number of hydrogen-bond acceptors (Lipinski definition) is 2. The van der Waals surface area contributed by atoms with Crippen molar-refractivity contribution in [2.75, 3.05) is 6.54 Å². The Kier molecular flexibility index (Phi) is 4.47. The number of carbonyl (C=O) groups is 1. The SMILES string of the molecule is BC(NC(=O)S)C(CCN(B)C1CC1)C1CC1. The highest BCUT2D eigenvalue weighted by Crippen LogP contribution is 2.40. The number of thiol groups is 1. The summed E-state index contributed by atoms with van der Waals surface area (Å²) in [7, 11) is 4.34. The summed E-state index contributed by atoms with van der Waals surface area (Å²) in [6, 6.07) is 0.838. The molecule has 2 unspecified atom stereocenters. The molecule has 0 radical (unpaired) electrons.